The highest BCUT2D eigenvalue weighted by molar-refractivity contribution is 5.81. The SMILES string of the molecule is Cc1cccc(OCC(=O)N2CC[C@H](O)[C@](Cc3cccc(F)c3)(C(=O)O)C2)c1. The number of carbonyl (C=O) groups is 2. The second-order valence-corrected chi connectivity index (χ2v) is 7.49. The highest BCUT2D eigenvalue weighted by Gasteiger charge is 2.50. The molecule has 0 bridgehead atoms. The van der Waals surface area contributed by atoms with Gasteiger partial charge >= 0.3 is 5.97 Å². The number of likely N-dealkylation sites (tertiary alicyclic amines) is 1. The molecule has 1 aliphatic rings. The van der Waals surface area contributed by atoms with E-state index < -0.39 is 23.3 Å². The van der Waals surface area contributed by atoms with E-state index in [4.69, 9.17) is 4.74 Å². The van der Waals surface area contributed by atoms with Crippen LogP contribution in [0.4, 0.5) is 4.39 Å². The minimum absolute atomic E-state index is 0.0796. The average Bonchev–Trinajstić information content (AvgIpc) is 2.68. The maximum absolute atomic E-state index is 13.5. The number of nitrogens with zero attached hydrogens (tertiary/aromatic N) is 1. The third kappa shape index (κ3) is 4.74. The summed E-state index contributed by atoms with van der Waals surface area (Å²) in [5.41, 5.74) is -0.154. The molecule has 7 heteroatoms. The summed E-state index contributed by atoms with van der Waals surface area (Å²) in [6.07, 6.45) is -1.10. The van der Waals surface area contributed by atoms with Crippen LogP contribution in [0.25, 0.3) is 0 Å². The number of ether oxygens (including phenoxy) is 1. The first-order valence-corrected chi connectivity index (χ1v) is 9.43. The molecule has 2 aromatic carbocycles. The van der Waals surface area contributed by atoms with E-state index in [9.17, 15) is 24.2 Å². The van der Waals surface area contributed by atoms with E-state index in [1.54, 1.807) is 18.2 Å². The molecule has 0 aromatic heterocycles. The van der Waals surface area contributed by atoms with Crippen molar-refractivity contribution in [3.05, 3.63) is 65.5 Å². The highest BCUT2D eigenvalue weighted by Crippen LogP contribution is 2.35. The lowest BCUT2D eigenvalue weighted by atomic mass is 9.73. The number of aliphatic hydroxyl groups excluding tert-OH is 1. The zero-order valence-corrected chi connectivity index (χ0v) is 16.2. The Morgan fingerprint density at radius 1 is 1.24 bits per heavy atom. The van der Waals surface area contributed by atoms with E-state index in [0.29, 0.717) is 11.3 Å². The van der Waals surface area contributed by atoms with Crippen molar-refractivity contribution in [1.29, 1.82) is 0 Å². The number of hydrogen-bond acceptors (Lipinski definition) is 4. The predicted octanol–water partition coefficient (Wildman–Crippen LogP) is 2.42. The van der Waals surface area contributed by atoms with E-state index in [2.05, 4.69) is 0 Å². The molecule has 6 nitrogen and oxygen atoms in total. The number of hydrogen-bond donors (Lipinski definition) is 2. The number of aliphatic carboxylic acids is 1. The Balaban J connectivity index is 1.74. The number of benzene rings is 2. The molecule has 154 valence electrons. The van der Waals surface area contributed by atoms with Crippen molar-refractivity contribution in [1.82, 2.24) is 4.90 Å². The lowest BCUT2D eigenvalue weighted by Gasteiger charge is -2.43. The van der Waals surface area contributed by atoms with Crippen LogP contribution in [0.2, 0.25) is 0 Å². The molecule has 1 heterocycles. The van der Waals surface area contributed by atoms with Crippen molar-refractivity contribution in [3.8, 4) is 5.75 Å². The molecule has 1 saturated heterocycles. The number of aliphatic hydroxyl groups is 1. The van der Waals surface area contributed by atoms with Crippen molar-refractivity contribution in [2.45, 2.75) is 25.9 Å². The van der Waals surface area contributed by atoms with Crippen LogP contribution in [0.5, 0.6) is 5.75 Å². The average molecular weight is 401 g/mol. The minimum Gasteiger partial charge on any atom is -0.484 e. The number of carboxylic acid groups (broad SMARTS) is 1. The largest absolute Gasteiger partial charge is 0.484 e. The van der Waals surface area contributed by atoms with Gasteiger partial charge in [-0.2, -0.15) is 0 Å². The van der Waals surface area contributed by atoms with Gasteiger partial charge in [0.25, 0.3) is 5.91 Å². The van der Waals surface area contributed by atoms with Crippen LogP contribution in [-0.2, 0) is 16.0 Å². The summed E-state index contributed by atoms with van der Waals surface area (Å²) >= 11 is 0. The summed E-state index contributed by atoms with van der Waals surface area (Å²) < 4.78 is 19.1. The standard InChI is InChI=1S/C22H24FNO5/c1-15-4-2-7-18(10-15)29-13-20(26)24-9-8-19(25)22(14-24,21(27)28)12-16-5-3-6-17(23)11-16/h2-7,10-11,19,25H,8-9,12-14H2,1H3,(H,27,28)/t19-,22+/m0/s1. The first-order valence-electron chi connectivity index (χ1n) is 9.43. The van der Waals surface area contributed by atoms with Gasteiger partial charge in [-0.05, 0) is 55.2 Å². The molecular formula is C22H24FNO5. The van der Waals surface area contributed by atoms with Gasteiger partial charge in [-0.3, -0.25) is 9.59 Å². The first-order chi connectivity index (χ1) is 13.8. The summed E-state index contributed by atoms with van der Waals surface area (Å²) in [5.74, 6) is -1.50. The van der Waals surface area contributed by atoms with Gasteiger partial charge in [-0.1, -0.05) is 24.3 Å². The molecule has 2 atom stereocenters. The molecule has 1 amide bonds. The van der Waals surface area contributed by atoms with E-state index in [1.165, 1.54) is 23.1 Å². The number of carbonyl (C=O) groups excluding carboxylic acids is 1. The van der Waals surface area contributed by atoms with Gasteiger partial charge in [0, 0.05) is 13.1 Å². The van der Waals surface area contributed by atoms with Crippen LogP contribution in [0, 0.1) is 18.2 Å². The van der Waals surface area contributed by atoms with Crippen LogP contribution in [-0.4, -0.2) is 52.8 Å². The van der Waals surface area contributed by atoms with Gasteiger partial charge in [0.05, 0.1) is 6.10 Å². The number of halogens is 1. The van der Waals surface area contributed by atoms with Gasteiger partial charge in [0.2, 0.25) is 0 Å². The maximum atomic E-state index is 13.5. The lowest BCUT2D eigenvalue weighted by Crippen LogP contribution is -2.58. The third-order valence-corrected chi connectivity index (χ3v) is 5.32. The van der Waals surface area contributed by atoms with Gasteiger partial charge in [0.15, 0.2) is 6.61 Å². The first kappa shape index (κ1) is 20.8. The number of piperidine rings is 1. The fraction of sp³-hybridized carbons (Fsp3) is 0.364. The Morgan fingerprint density at radius 3 is 2.69 bits per heavy atom. The van der Waals surface area contributed by atoms with Gasteiger partial charge in [-0.15, -0.1) is 0 Å². The van der Waals surface area contributed by atoms with Gasteiger partial charge < -0.3 is 19.8 Å². The number of rotatable bonds is 6. The molecule has 1 aliphatic heterocycles. The maximum Gasteiger partial charge on any atom is 0.314 e. The number of aryl methyl sites for hydroxylation is 1. The molecule has 0 aliphatic carbocycles. The second kappa shape index (κ2) is 8.61. The fourth-order valence-corrected chi connectivity index (χ4v) is 3.70. The number of carboxylic acids is 1. The molecule has 0 radical (unpaired) electrons. The molecule has 1 fully saturated rings. The van der Waals surface area contributed by atoms with Crippen molar-refractivity contribution in [2.24, 2.45) is 5.41 Å². The summed E-state index contributed by atoms with van der Waals surface area (Å²) in [5, 5.41) is 20.4. The van der Waals surface area contributed by atoms with Crippen molar-refractivity contribution >= 4 is 11.9 Å². The molecule has 3 rings (SSSR count). The summed E-state index contributed by atoms with van der Waals surface area (Å²) in [6, 6.07) is 12.9. The van der Waals surface area contributed by atoms with Crippen molar-refractivity contribution in [3.63, 3.8) is 0 Å². The molecule has 2 aromatic rings. The van der Waals surface area contributed by atoms with E-state index in [-0.39, 0.29) is 38.4 Å². The van der Waals surface area contributed by atoms with E-state index in [1.807, 2.05) is 19.1 Å². The molecular weight excluding hydrogens is 377 g/mol. The molecule has 0 unspecified atom stereocenters. The molecule has 0 spiro atoms. The number of amides is 1. The van der Waals surface area contributed by atoms with E-state index >= 15 is 0 Å². The van der Waals surface area contributed by atoms with Crippen LogP contribution in [0.1, 0.15) is 17.5 Å². The van der Waals surface area contributed by atoms with Crippen LogP contribution in [0.3, 0.4) is 0 Å². The molecule has 29 heavy (non-hydrogen) atoms. The van der Waals surface area contributed by atoms with Gasteiger partial charge in [-0.25, -0.2) is 4.39 Å². The third-order valence-electron chi connectivity index (χ3n) is 5.32. The Kier molecular flexibility index (Phi) is 6.17. The summed E-state index contributed by atoms with van der Waals surface area (Å²) in [4.78, 5) is 26.2. The second-order valence-electron chi connectivity index (χ2n) is 7.49. The fourth-order valence-electron chi connectivity index (χ4n) is 3.70. The highest BCUT2D eigenvalue weighted by atomic mass is 19.1. The monoisotopic (exact) mass is 401 g/mol. The normalized spacial score (nSPS) is 21.6. The van der Waals surface area contributed by atoms with Crippen LogP contribution >= 0.6 is 0 Å². The smallest absolute Gasteiger partial charge is 0.314 e. The van der Waals surface area contributed by atoms with Crippen molar-refractivity contribution < 1.29 is 28.9 Å². The Hall–Kier alpha value is -2.93. The zero-order chi connectivity index (χ0) is 21.0. The van der Waals surface area contributed by atoms with Crippen molar-refractivity contribution in [2.75, 3.05) is 19.7 Å². The lowest BCUT2D eigenvalue weighted by molar-refractivity contribution is -0.166. The topological polar surface area (TPSA) is 87.1 Å². The van der Waals surface area contributed by atoms with E-state index in [0.717, 1.165) is 5.56 Å². The summed E-state index contributed by atoms with van der Waals surface area (Å²) in [6.45, 7) is 1.74. The molecule has 0 saturated carbocycles. The Labute approximate surface area is 168 Å². The van der Waals surface area contributed by atoms with Crippen LogP contribution in [0.15, 0.2) is 48.5 Å². The quantitative estimate of drug-likeness (QED) is 0.776. The Morgan fingerprint density at radius 2 is 2.00 bits per heavy atom. The summed E-state index contributed by atoms with van der Waals surface area (Å²) in [7, 11) is 0. The molecule has 2 N–H and O–H groups in total. The minimum atomic E-state index is -1.61. The van der Waals surface area contributed by atoms with Gasteiger partial charge in [0.1, 0.15) is 17.0 Å². The Bertz CT molecular complexity index is 902. The predicted molar refractivity (Wildman–Crippen MR) is 104 cm³/mol. The van der Waals surface area contributed by atoms with Crippen LogP contribution < -0.4 is 4.74 Å². The zero-order valence-electron chi connectivity index (χ0n) is 16.2.